The van der Waals surface area contributed by atoms with E-state index in [4.69, 9.17) is 9.47 Å². The number of ketones is 1. The van der Waals surface area contributed by atoms with E-state index in [2.05, 4.69) is 13.8 Å². The molecule has 0 N–H and O–H groups in total. The van der Waals surface area contributed by atoms with Crippen LogP contribution in [-0.4, -0.2) is 32.2 Å². The third-order valence-electron chi connectivity index (χ3n) is 1.71. The number of carbonyl (C=O) groups is 1. The summed E-state index contributed by atoms with van der Waals surface area (Å²) in [5, 5.41) is 0. The van der Waals surface area contributed by atoms with Gasteiger partial charge in [-0.05, 0) is 5.92 Å². The molecule has 0 spiro atoms. The Labute approximate surface area is 86.8 Å². The molecule has 0 amide bonds. The van der Waals surface area contributed by atoms with Crippen LogP contribution in [0.4, 0.5) is 0 Å². The Morgan fingerprint density at radius 1 is 1.07 bits per heavy atom. The van der Waals surface area contributed by atoms with Crippen molar-refractivity contribution in [1.82, 2.24) is 0 Å². The molecule has 0 unspecified atom stereocenters. The van der Waals surface area contributed by atoms with Gasteiger partial charge in [0.15, 0.2) is 5.78 Å². The van der Waals surface area contributed by atoms with Gasteiger partial charge in [0.25, 0.3) is 0 Å². The first-order valence-electron chi connectivity index (χ1n) is 5.22. The summed E-state index contributed by atoms with van der Waals surface area (Å²) in [7, 11) is 0. The van der Waals surface area contributed by atoms with Crippen molar-refractivity contribution in [3.05, 3.63) is 0 Å². The molecule has 0 bridgehead atoms. The second kappa shape index (κ2) is 7.94. The van der Waals surface area contributed by atoms with E-state index in [9.17, 15) is 4.79 Å². The van der Waals surface area contributed by atoms with Crippen molar-refractivity contribution in [2.45, 2.75) is 27.7 Å². The Hall–Kier alpha value is -0.410. The summed E-state index contributed by atoms with van der Waals surface area (Å²) in [4.78, 5) is 11.1. The Bertz CT molecular complexity index is 153. The Balaban J connectivity index is 3.18. The highest BCUT2D eigenvalue weighted by atomic mass is 16.5. The molecular formula is C11H22O3. The lowest BCUT2D eigenvalue weighted by Crippen LogP contribution is -2.17. The molecule has 0 aliphatic rings. The highest BCUT2D eigenvalue weighted by Crippen LogP contribution is 1.95. The van der Waals surface area contributed by atoms with Gasteiger partial charge in [-0.2, -0.15) is 0 Å². The first kappa shape index (κ1) is 13.6. The fourth-order valence-corrected chi connectivity index (χ4v) is 0.776. The summed E-state index contributed by atoms with van der Waals surface area (Å²) in [5.74, 6) is 0.757. The maximum absolute atomic E-state index is 11.1. The summed E-state index contributed by atoms with van der Waals surface area (Å²) in [6.45, 7) is 9.99. The highest BCUT2D eigenvalue weighted by Gasteiger charge is 2.06. The maximum atomic E-state index is 11.1. The maximum Gasteiger partial charge on any atom is 0.160 e. The molecule has 0 aromatic rings. The Morgan fingerprint density at radius 2 is 1.64 bits per heavy atom. The molecule has 84 valence electrons. The summed E-state index contributed by atoms with van der Waals surface area (Å²) in [6, 6.07) is 0. The van der Waals surface area contributed by atoms with Gasteiger partial charge in [-0.25, -0.2) is 0 Å². The molecular weight excluding hydrogens is 180 g/mol. The van der Waals surface area contributed by atoms with E-state index in [0.717, 1.165) is 6.61 Å². The van der Waals surface area contributed by atoms with Gasteiger partial charge in [-0.3, -0.25) is 4.79 Å². The fourth-order valence-electron chi connectivity index (χ4n) is 0.776. The standard InChI is InChI=1S/C11H22O3/c1-9(2)7-13-5-6-14-8-11(12)10(3)4/h9-10H,5-8H2,1-4H3. The van der Waals surface area contributed by atoms with Gasteiger partial charge in [0, 0.05) is 12.5 Å². The van der Waals surface area contributed by atoms with Crippen LogP contribution in [0.2, 0.25) is 0 Å². The molecule has 0 fully saturated rings. The molecule has 0 aromatic heterocycles. The van der Waals surface area contributed by atoms with Crippen LogP contribution in [0.1, 0.15) is 27.7 Å². The van der Waals surface area contributed by atoms with Crippen molar-refractivity contribution in [2.24, 2.45) is 11.8 Å². The van der Waals surface area contributed by atoms with Crippen LogP contribution in [0.3, 0.4) is 0 Å². The van der Waals surface area contributed by atoms with Crippen molar-refractivity contribution < 1.29 is 14.3 Å². The number of rotatable bonds is 8. The minimum Gasteiger partial charge on any atom is -0.379 e. The molecule has 3 heteroatoms. The van der Waals surface area contributed by atoms with E-state index in [0.29, 0.717) is 19.1 Å². The van der Waals surface area contributed by atoms with E-state index >= 15 is 0 Å². The molecule has 14 heavy (non-hydrogen) atoms. The third-order valence-corrected chi connectivity index (χ3v) is 1.71. The first-order chi connectivity index (χ1) is 6.54. The van der Waals surface area contributed by atoms with Gasteiger partial charge < -0.3 is 9.47 Å². The number of hydrogen-bond acceptors (Lipinski definition) is 3. The topological polar surface area (TPSA) is 35.5 Å². The zero-order chi connectivity index (χ0) is 11.0. The second-order valence-corrected chi connectivity index (χ2v) is 4.14. The molecule has 0 radical (unpaired) electrons. The Morgan fingerprint density at radius 3 is 2.14 bits per heavy atom. The van der Waals surface area contributed by atoms with Crippen LogP contribution in [0, 0.1) is 11.8 Å². The van der Waals surface area contributed by atoms with Crippen LogP contribution >= 0.6 is 0 Å². The SMILES string of the molecule is CC(C)COCCOCC(=O)C(C)C. The van der Waals surface area contributed by atoms with Crippen molar-refractivity contribution in [3.63, 3.8) is 0 Å². The van der Waals surface area contributed by atoms with Crippen molar-refractivity contribution >= 4 is 5.78 Å². The molecule has 0 atom stereocenters. The third kappa shape index (κ3) is 8.20. The van der Waals surface area contributed by atoms with Crippen LogP contribution in [-0.2, 0) is 14.3 Å². The smallest absolute Gasteiger partial charge is 0.160 e. The van der Waals surface area contributed by atoms with Crippen LogP contribution < -0.4 is 0 Å². The van der Waals surface area contributed by atoms with E-state index in [-0.39, 0.29) is 18.3 Å². The van der Waals surface area contributed by atoms with Gasteiger partial charge >= 0.3 is 0 Å². The average Bonchev–Trinajstić information content (AvgIpc) is 2.09. The van der Waals surface area contributed by atoms with Crippen LogP contribution in [0.25, 0.3) is 0 Å². The van der Waals surface area contributed by atoms with Gasteiger partial charge in [0.05, 0.1) is 13.2 Å². The monoisotopic (exact) mass is 202 g/mol. The van der Waals surface area contributed by atoms with Crippen molar-refractivity contribution in [1.29, 1.82) is 0 Å². The molecule has 0 saturated heterocycles. The molecule has 0 saturated carbocycles. The summed E-state index contributed by atoms with van der Waals surface area (Å²) in [5.41, 5.74) is 0. The zero-order valence-electron chi connectivity index (χ0n) is 9.71. The molecule has 0 heterocycles. The van der Waals surface area contributed by atoms with E-state index < -0.39 is 0 Å². The van der Waals surface area contributed by atoms with Crippen LogP contribution in [0.15, 0.2) is 0 Å². The van der Waals surface area contributed by atoms with Gasteiger partial charge in [-0.1, -0.05) is 27.7 Å². The minimum atomic E-state index is 0.0617. The fraction of sp³-hybridized carbons (Fsp3) is 0.909. The summed E-state index contributed by atoms with van der Waals surface area (Å²) in [6.07, 6.45) is 0. The summed E-state index contributed by atoms with van der Waals surface area (Å²) < 4.78 is 10.5. The number of carbonyl (C=O) groups excluding carboxylic acids is 1. The van der Waals surface area contributed by atoms with Crippen molar-refractivity contribution in [3.8, 4) is 0 Å². The van der Waals surface area contributed by atoms with E-state index in [1.165, 1.54) is 0 Å². The van der Waals surface area contributed by atoms with Gasteiger partial charge in [-0.15, -0.1) is 0 Å². The van der Waals surface area contributed by atoms with Gasteiger partial charge in [0.2, 0.25) is 0 Å². The predicted octanol–water partition coefficient (Wildman–Crippen LogP) is 1.90. The average molecular weight is 202 g/mol. The highest BCUT2D eigenvalue weighted by molar-refractivity contribution is 5.81. The van der Waals surface area contributed by atoms with E-state index in [1.807, 2.05) is 13.8 Å². The summed E-state index contributed by atoms with van der Waals surface area (Å²) >= 11 is 0. The first-order valence-corrected chi connectivity index (χ1v) is 5.22. The molecule has 0 aromatic carbocycles. The molecule has 0 rings (SSSR count). The predicted molar refractivity (Wildman–Crippen MR) is 56.3 cm³/mol. The van der Waals surface area contributed by atoms with Crippen molar-refractivity contribution in [2.75, 3.05) is 26.4 Å². The zero-order valence-corrected chi connectivity index (χ0v) is 9.71. The minimum absolute atomic E-state index is 0.0617. The largest absolute Gasteiger partial charge is 0.379 e. The molecule has 0 aliphatic carbocycles. The van der Waals surface area contributed by atoms with Crippen LogP contribution in [0.5, 0.6) is 0 Å². The normalized spacial score (nSPS) is 11.3. The van der Waals surface area contributed by atoms with Gasteiger partial charge in [0.1, 0.15) is 6.61 Å². The second-order valence-electron chi connectivity index (χ2n) is 4.14. The molecule has 0 aliphatic heterocycles. The molecule has 3 nitrogen and oxygen atoms in total. The lowest BCUT2D eigenvalue weighted by atomic mass is 10.1. The van der Waals surface area contributed by atoms with E-state index in [1.54, 1.807) is 0 Å². The number of Topliss-reactive ketones (excluding diaryl/α,β-unsaturated/α-hetero) is 1. The number of hydrogen-bond donors (Lipinski definition) is 0. The quantitative estimate of drug-likeness (QED) is 0.564. The lowest BCUT2D eigenvalue weighted by Gasteiger charge is -2.08. The lowest BCUT2D eigenvalue weighted by molar-refractivity contribution is -0.127. The Kier molecular flexibility index (Phi) is 7.71. The number of ether oxygens (including phenoxy) is 2.